The molecule has 1 aromatic rings. The van der Waals surface area contributed by atoms with Crippen LogP contribution in [0.2, 0.25) is 4.34 Å². The van der Waals surface area contributed by atoms with E-state index in [0.717, 1.165) is 24.2 Å². The highest BCUT2D eigenvalue weighted by Crippen LogP contribution is 2.25. The first kappa shape index (κ1) is 14.8. The Morgan fingerprint density at radius 3 is 2.58 bits per heavy atom. The first-order valence-corrected chi connectivity index (χ1v) is 8.64. The number of nitrogens with one attached hydrogen (secondary N) is 1. The minimum Gasteiger partial charge on any atom is -0.341 e. The molecule has 0 radical (unpaired) electrons. The van der Waals surface area contributed by atoms with Crippen LogP contribution in [-0.2, 0) is 14.8 Å². The van der Waals surface area contributed by atoms with Crippen molar-refractivity contribution >= 4 is 38.9 Å². The smallest absolute Gasteiger partial charge is 0.250 e. The second-order valence-electron chi connectivity index (χ2n) is 4.43. The van der Waals surface area contributed by atoms with E-state index in [-0.39, 0.29) is 10.1 Å². The lowest BCUT2D eigenvalue weighted by molar-refractivity contribution is -0.131. The lowest BCUT2D eigenvalue weighted by atomic mass is 10.3. The molecule has 0 aliphatic carbocycles. The van der Waals surface area contributed by atoms with E-state index in [1.807, 2.05) is 0 Å². The van der Waals surface area contributed by atoms with Crippen molar-refractivity contribution < 1.29 is 13.2 Å². The second kappa shape index (κ2) is 5.78. The third-order valence-corrected chi connectivity index (χ3v) is 6.20. The molecule has 0 spiro atoms. The summed E-state index contributed by atoms with van der Waals surface area (Å²) >= 11 is 6.69. The van der Waals surface area contributed by atoms with E-state index >= 15 is 0 Å². The SMILES string of the molecule is C[C@@H](NS(=O)(=O)c1ccc(Cl)s1)C(=O)N1CCCC1. The molecule has 19 heavy (non-hydrogen) atoms. The molecular formula is C11H15ClN2O3S2. The summed E-state index contributed by atoms with van der Waals surface area (Å²) in [5, 5.41) is 0. The van der Waals surface area contributed by atoms with Crippen LogP contribution >= 0.6 is 22.9 Å². The molecule has 1 saturated heterocycles. The molecular weight excluding hydrogens is 308 g/mol. The molecule has 106 valence electrons. The number of thiophene rings is 1. The average molecular weight is 323 g/mol. The summed E-state index contributed by atoms with van der Waals surface area (Å²) in [5.41, 5.74) is 0. The molecule has 0 saturated carbocycles. The summed E-state index contributed by atoms with van der Waals surface area (Å²) in [6.07, 6.45) is 1.96. The largest absolute Gasteiger partial charge is 0.341 e. The van der Waals surface area contributed by atoms with Crippen molar-refractivity contribution in [2.45, 2.75) is 30.0 Å². The number of likely N-dealkylation sites (tertiary alicyclic amines) is 1. The van der Waals surface area contributed by atoms with Crippen molar-refractivity contribution in [1.82, 2.24) is 9.62 Å². The maximum Gasteiger partial charge on any atom is 0.250 e. The number of halogens is 1. The fourth-order valence-corrected chi connectivity index (χ4v) is 4.69. The third-order valence-electron chi connectivity index (χ3n) is 2.93. The van der Waals surface area contributed by atoms with Crippen LogP contribution in [0.5, 0.6) is 0 Å². The number of amides is 1. The highest BCUT2D eigenvalue weighted by atomic mass is 35.5. The van der Waals surface area contributed by atoms with Gasteiger partial charge in [0.25, 0.3) is 10.0 Å². The summed E-state index contributed by atoms with van der Waals surface area (Å²) in [6.45, 7) is 2.97. The molecule has 1 aromatic heterocycles. The Labute approximate surface area is 121 Å². The van der Waals surface area contributed by atoms with Crippen LogP contribution in [0, 0.1) is 0 Å². The molecule has 0 bridgehead atoms. The third kappa shape index (κ3) is 3.47. The lowest BCUT2D eigenvalue weighted by Gasteiger charge is -2.20. The van der Waals surface area contributed by atoms with Gasteiger partial charge in [0, 0.05) is 13.1 Å². The zero-order valence-electron chi connectivity index (χ0n) is 10.4. The van der Waals surface area contributed by atoms with Crippen molar-refractivity contribution in [3.8, 4) is 0 Å². The molecule has 1 aliphatic heterocycles. The van der Waals surface area contributed by atoms with Crippen molar-refractivity contribution in [2.24, 2.45) is 0 Å². The molecule has 1 fully saturated rings. The standard InChI is InChI=1S/C11H15ClN2O3S2/c1-8(11(15)14-6-2-3-7-14)13-19(16,17)10-5-4-9(12)18-10/h4-5,8,13H,2-3,6-7H2,1H3/t8-/m1/s1. The van der Waals surface area contributed by atoms with Gasteiger partial charge in [-0.1, -0.05) is 11.6 Å². The first-order valence-electron chi connectivity index (χ1n) is 5.96. The maximum atomic E-state index is 12.0. The van der Waals surface area contributed by atoms with Gasteiger partial charge >= 0.3 is 0 Å². The molecule has 1 amide bonds. The Kier molecular flexibility index (Phi) is 4.50. The van der Waals surface area contributed by atoms with E-state index in [2.05, 4.69) is 4.72 Å². The molecule has 2 rings (SSSR count). The van der Waals surface area contributed by atoms with Gasteiger partial charge in [-0.05, 0) is 31.9 Å². The Balaban J connectivity index is 2.05. The minimum absolute atomic E-state index is 0.124. The number of hydrogen-bond donors (Lipinski definition) is 1. The summed E-state index contributed by atoms with van der Waals surface area (Å²) in [7, 11) is -3.68. The molecule has 0 aromatic carbocycles. The Bertz CT molecular complexity index is 564. The second-order valence-corrected chi connectivity index (χ2v) is 8.09. The van der Waals surface area contributed by atoms with E-state index in [9.17, 15) is 13.2 Å². The fraction of sp³-hybridized carbons (Fsp3) is 0.545. The summed E-state index contributed by atoms with van der Waals surface area (Å²) < 4.78 is 27.0. The Morgan fingerprint density at radius 2 is 2.05 bits per heavy atom. The normalized spacial score (nSPS) is 17.7. The molecule has 2 heterocycles. The summed E-state index contributed by atoms with van der Waals surface area (Å²) in [6, 6.07) is 2.19. The average Bonchev–Trinajstić information content (AvgIpc) is 2.97. The van der Waals surface area contributed by atoms with Gasteiger partial charge in [0.15, 0.2) is 0 Å². The quantitative estimate of drug-likeness (QED) is 0.917. The summed E-state index contributed by atoms with van der Waals surface area (Å²) in [5.74, 6) is -0.177. The van der Waals surface area contributed by atoms with Crippen LogP contribution in [0.15, 0.2) is 16.3 Å². The van der Waals surface area contributed by atoms with Crippen molar-refractivity contribution in [2.75, 3.05) is 13.1 Å². The van der Waals surface area contributed by atoms with Crippen molar-refractivity contribution in [3.63, 3.8) is 0 Å². The van der Waals surface area contributed by atoms with Gasteiger partial charge in [-0.15, -0.1) is 11.3 Å². The fourth-order valence-electron chi connectivity index (χ4n) is 1.99. The Hall–Kier alpha value is -0.630. The molecule has 1 N–H and O–H groups in total. The van der Waals surface area contributed by atoms with Gasteiger partial charge in [0.05, 0.1) is 10.4 Å². The molecule has 0 unspecified atom stereocenters. The van der Waals surface area contributed by atoms with Crippen molar-refractivity contribution in [1.29, 1.82) is 0 Å². The van der Waals surface area contributed by atoms with E-state index in [0.29, 0.717) is 17.4 Å². The number of carbonyl (C=O) groups excluding carboxylic acids is 1. The van der Waals surface area contributed by atoms with Crippen LogP contribution in [-0.4, -0.2) is 38.4 Å². The van der Waals surface area contributed by atoms with Gasteiger partial charge in [-0.25, -0.2) is 8.42 Å². The van der Waals surface area contributed by atoms with E-state index in [4.69, 9.17) is 11.6 Å². The van der Waals surface area contributed by atoms with E-state index in [1.54, 1.807) is 11.8 Å². The van der Waals surface area contributed by atoms with Crippen LogP contribution < -0.4 is 4.72 Å². The van der Waals surface area contributed by atoms with E-state index < -0.39 is 16.1 Å². The highest BCUT2D eigenvalue weighted by Gasteiger charge is 2.27. The minimum atomic E-state index is -3.68. The first-order chi connectivity index (χ1) is 8.90. The van der Waals surface area contributed by atoms with Gasteiger partial charge in [-0.3, -0.25) is 4.79 Å². The van der Waals surface area contributed by atoms with Gasteiger partial charge in [-0.2, -0.15) is 4.72 Å². The monoisotopic (exact) mass is 322 g/mol. The van der Waals surface area contributed by atoms with E-state index in [1.165, 1.54) is 12.1 Å². The number of sulfonamides is 1. The van der Waals surface area contributed by atoms with Crippen molar-refractivity contribution in [3.05, 3.63) is 16.5 Å². The lowest BCUT2D eigenvalue weighted by Crippen LogP contribution is -2.45. The number of nitrogens with zero attached hydrogens (tertiary/aromatic N) is 1. The predicted molar refractivity (Wildman–Crippen MR) is 74.9 cm³/mol. The number of rotatable bonds is 4. The zero-order valence-corrected chi connectivity index (χ0v) is 12.8. The Morgan fingerprint density at radius 1 is 1.42 bits per heavy atom. The van der Waals surface area contributed by atoms with Crippen LogP contribution in [0.4, 0.5) is 0 Å². The number of hydrogen-bond acceptors (Lipinski definition) is 4. The maximum absolute atomic E-state index is 12.0. The molecule has 8 heteroatoms. The van der Waals surface area contributed by atoms with Crippen LogP contribution in [0.25, 0.3) is 0 Å². The predicted octanol–water partition coefficient (Wildman–Crippen LogP) is 1.69. The molecule has 1 aliphatic rings. The topological polar surface area (TPSA) is 66.5 Å². The van der Waals surface area contributed by atoms with Gasteiger partial charge in [0.1, 0.15) is 4.21 Å². The zero-order chi connectivity index (χ0) is 14.0. The van der Waals surface area contributed by atoms with Gasteiger partial charge < -0.3 is 4.90 Å². The highest BCUT2D eigenvalue weighted by molar-refractivity contribution is 7.91. The number of carbonyl (C=O) groups is 1. The van der Waals surface area contributed by atoms with Gasteiger partial charge in [0.2, 0.25) is 5.91 Å². The summed E-state index contributed by atoms with van der Waals surface area (Å²) in [4.78, 5) is 13.7. The molecule has 1 atom stereocenters. The van der Waals surface area contributed by atoms with Crippen LogP contribution in [0.3, 0.4) is 0 Å². The van der Waals surface area contributed by atoms with Crippen LogP contribution in [0.1, 0.15) is 19.8 Å². The molecule has 5 nitrogen and oxygen atoms in total.